The van der Waals surface area contributed by atoms with Crippen molar-refractivity contribution in [2.24, 2.45) is 5.92 Å². The summed E-state index contributed by atoms with van der Waals surface area (Å²) in [5.41, 5.74) is 2.18. The lowest BCUT2D eigenvalue weighted by molar-refractivity contribution is -0.148. The normalized spacial score (nSPS) is 11.9. The SMILES string of the molecule is CC(C)[C@H](NC(=O)c1ccccc1Br)C(=O)OCc1csc(-c2ccccc2)n1. The predicted octanol–water partition coefficient (Wildman–Crippen LogP) is 5.07. The van der Waals surface area contributed by atoms with Gasteiger partial charge in [-0.2, -0.15) is 0 Å². The molecule has 3 aromatic rings. The highest BCUT2D eigenvalue weighted by molar-refractivity contribution is 9.10. The number of rotatable bonds is 7. The van der Waals surface area contributed by atoms with Crippen LogP contribution in [0.25, 0.3) is 10.6 Å². The first kappa shape index (κ1) is 21.2. The van der Waals surface area contributed by atoms with E-state index in [1.165, 1.54) is 11.3 Å². The maximum Gasteiger partial charge on any atom is 0.329 e. The van der Waals surface area contributed by atoms with Crippen LogP contribution >= 0.6 is 27.3 Å². The van der Waals surface area contributed by atoms with Crippen molar-refractivity contribution >= 4 is 39.1 Å². The standard InChI is InChI=1S/C22H21BrN2O3S/c1-14(2)19(25-20(26)17-10-6-7-11-18(17)23)22(27)28-12-16-13-29-21(24-16)15-8-4-3-5-9-15/h3-11,13-14,19H,12H2,1-2H3,(H,25,26)/t19-/m0/s1. The number of esters is 1. The van der Waals surface area contributed by atoms with Gasteiger partial charge in [0.15, 0.2) is 0 Å². The maximum atomic E-state index is 12.6. The summed E-state index contributed by atoms with van der Waals surface area (Å²) >= 11 is 4.86. The van der Waals surface area contributed by atoms with Crippen molar-refractivity contribution < 1.29 is 14.3 Å². The van der Waals surface area contributed by atoms with E-state index >= 15 is 0 Å². The van der Waals surface area contributed by atoms with Crippen LogP contribution in [-0.2, 0) is 16.1 Å². The Kier molecular flexibility index (Phi) is 7.17. The molecule has 0 saturated carbocycles. The highest BCUT2D eigenvalue weighted by Gasteiger charge is 2.27. The molecule has 0 spiro atoms. The number of carbonyl (C=O) groups excluding carboxylic acids is 2. The van der Waals surface area contributed by atoms with Gasteiger partial charge < -0.3 is 10.1 Å². The van der Waals surface area contributed by atoms with Gasteiger partial charge in [-0.15, -0.1) is 11.3 Å². The van der Waals surface area contributed by atoms with E-state index in [0.29, 0.717) is 15.7 Å². The number of thiazole rings is 1. The maximum absolute atomic E-state index is 12.6. The van der Waals surface area contributed by atoms with Gasteiger partial charge in [0, 0.05) is 15.4 Å². The number of aromatic nitrogens is 1. The van der Waals surface area contributed by atoms with E-state index in [4.69, 9.17) is 4.74 Å². The first-order valence-corrected chi connectivity index (χ1v) is 10.8. The molecule has 0 aliphatic heterocycles. The van der Waals surface area contributed by atoms with Crippen LogP contribution in [0.3, 0.4) is 0 Å². The number of hydrogen-bond donors (Lipinski definition) is 1. The Labute approximate surface area is 182 Å². The van der Waals surface area contributed by atoms with Crippen molar-refractivity contribution in [3.8, 4) is 10.6 Å². The van der Waals surface area contributed by atoms with Crippen molar-refractivity contribution in [3.05, 3.63) is 75.7 Å². The lowest BCUT2D eigenvalue weighted by Crippen LogP contribution is -2.45. The van der Waals surface area contributed by atoms with E-state index in [0.717, 1.165) is 10.6 Å². The molecule has 0 aliphatic rings. The summed E-state index contributed by atoms with van der Waals surface area (Å²) in [5.74, 6) is -0.924. The van der Waals surface area contributed by atoms with Crippen molar-refractivity contribution in [2.45, 2.75) is 26.5 Å². The number of ether oxygens (including phenoxy) is 1. The number of hydrogen-bond acceptors (Lipinski definition) is 5. The zero-order valence-electron chi connectivity index (χ0n) is 16.1. The average Bonchev–Trinajstić information content (AvgIpc) is 3.20. The molecule has 1 atom stereocenters. The van der Waals surface area contributed by atoms with Crippen LogP contribution in [0.4, 0.5) is 0 Å². The second-order valence-corrected chi connectivity index (χ2v) is 8.51. The van der Waals surface area contributed by atoms with Crippen LogP contribution in [0.1, 0.15) is 29.9 Å². The molecule has 5 nitrogen and oxygen atoms in total. The number of amides is 1. The molecule has 1 aromatic heterocycles. The topological polar surface area (TPSA) is 68.3 Å². The Bertz CT molecular complexity index is 988. The molecule has 150 valence electrons. The van der Waals surface area contributed by atoms with Crippen LogP contribution in [0.5, 0.6) is 0 Å². The second-order valence-electron chi connectivity index (χ2n) is 6.79. The molecule has 0 fully saturated rings. The van der Waals surface area contributed by atoms with Crippen LogP contribution in [0.2, 0.25) is 0 Å². The number of nitrogens with zero attached hydrogens (tertiary/aromatic N) is 1. The van der Waals surface area contributed by atoms with Gasteiger partial charge >= 0.3 is 5.97 Å². The van der Waals surface area contributed by atoms with Gasteiger partial charge in [0.2, 0.25) is 0 Å². The number of halogens is 1. The van der Waals surface area contributed by atoms with E-state index in [1.54, 1.807) is 18.2 Å². The summed E-state index contributed by atoms with van der Waals surface area (Å²) in [6.07, 6.45) is 0. The highest BCUT2D eigenvalue weighted by atomic mass is 79.9. The summed E-state index contributed by atoms with van der Waals surface area (Å²) in [5, 5.41) is 5.53. The molecule has 7 heteroatoms. The summed E-state index contributed by atoms with van der Waals surface area (Å²) < 4.78 is 6.12. The first-order valence-electron chi connectivity index (χ1n) is 9.17. The van der Waals surface area contributed by atoms with Crippen molar-refractivity contribution in [1.82, 2.24) is 10.3 Å². The second kappa shape index (κ2) is 9.80. The summed E-state index contributed by atoms with van der Waals surface area (Å²) in [6, 6.07) is 16.2. The molecule has 3 rings (SSSR count). The molecule has 2 aromatic carbocycles. The Balaban J connectivity index is 1.62. The third kappa shape index (κ3) is 5.52. The molecule has 1 amide bonds. The Morgan fingerprint density at radius 2 is 1.79 bits per heavy atom. The van der Waals surface area contributed by atoms with Crippen molar-refractivity contribution in [3.63, 3.8) is 0 Å². The van der Waals surface area contributed by atoms with E-state index in [-0.39, 0.29) is 18.4 Å². The van der Waals surface area contributed by atoms with Crippen LogP contribution < -0.4 is 5.32 Å². The van der Waals surface area contributed by atoms with Gasteiger partial charge in [-0.25, -0.2) is 9.78 Å². The Hall–Kier alpha value is -2.51. The summed E-state index contributed by atoms with van der Waals surface area (Å²) in [6.45, 7) is 3.79. The largest absolute Gasteiger partial charge is 0.458 e. The quantitative estimate of drug-likeness (QED) is 0.487. The van der Waals surface area contributed by atoms with E-state index in [2.05, 4.69) is 26.2 Å². The van der Waals surface area contributed by atoms with Crippen LogP contribution in [0.15, 0.2) is 64.5 Å². The van der Waals surface area contributed by atoms with Crippen molar-refractivity contribution in [2.75, 3.05) is 0 Å². The average molecular weight is 473 g/mol. The number of carbonyl (C=O) groups is 2. The highest BCUT2D eigenvalue weighted by Crippen LogP contribution is 2.23. The minimum Gasteiger partial charge on any atom is -0.458 e. The third-order valence-corrected chi connectivity index (χ3v) is 5.89. The number of nitrogens with one attached hydrogen (secondary N) is 1. The van der Waals surface area contributed by atoms with Gasteiger partial charge in [0.25, 0.3) is 5.91 Å². The van der Waals surface area contributed by atoms with E-state index < -0.39 is 12.0 Å². The fraction of sp³-hybridized carbons (Fsp3) is 0.227. The first-order chi connectivity index (χ1) is 14.0. The van der Waals surface area contributed by atoms with E-state index in [9.17, 15) is 9.59 Å². The molecule has 1 heterocycles. The lowest BCUT2D eigenvalue weighted by Gasteiger charge is -2.21. The fourth-order valence-electron chi connectivity index (χ4n) is 2.68. The summed E-state index contributed by atoms with van der Waals surface area (Å²) in [7, 11) is 0. The van der Waals surface area contributed by atoms with Gasteiger partial charge in [0.05, 0.1) is 11.3 Å². The molecule has 0 saturated heterocycles. The van der Waals surface area contributed by atoms with Crippen LogP contribution in [-0.4, -0.2) is 22.9 Å². The molecule has 0 bridgehead atoms. The zero-order valence-corrected chi connectivity index (χ0v) is 18.5. The summed E-state index contributed by atoms with van der Waals surface area (Å²) in [4.78, 5) is 29.7. The fourth-order valence-corrected chi connectivity index (χ4v) is 3.96. The van der Waals surface area contributed by atoms with Gasteiger partial charge in [-0.05, 0) is 34.0 Å². The van der Waals surface area contributed by atoms with Crippen LogP contribution in [0, 0.1) is 5.92 Å². The molecular weight excluding hydrogens is 452 g/mol. The van der Waals surface area contributed by atoms with Gasteiger partial charge in [-0.3, -0.25) is 4.79 Å². The molecule has 0 aliphatic carbocycles. The zero-order chi connectivity index (χ0) is 20.8. The molecule has 1 N–H and O–H groups in total. The number of benzene rings is 2. The molecule has 0 radical (unpaired) electrons. The molecule has 29 heavy (non-hydrogen) atoms. The monoisotopic (exact) mass is 472 g/mol. The molecular formula is C22H21BrN2O3S. The third-order valence-electron chi connectivity index (χ3n) is 4.26. The van der Waals surface area contributed by atoms with Gasteiger partial charge in [0.1, 0.15) is 17.7 Å². The molecule has 0 unspecified atom stereocenters. The predicted molar refractivity (Wildman–Crippen MR) is 118 cm³/mol. The lowest BCUT2D eigenvalue weighted by atomic mass is 10.0. The minimum atomic E-state index is -0.748. The minimum absolute atomic E-state index is 0.0658. The van der Waals surface area contributed by atoms with Crippen molar-refractivity contribution in [1.29, 1.82) is 0 Å². The Morgan fingerprint density at radius 1 is 1.10 bits per heavy atom. The Morgan fingerprint density at radius 3 is 2.48 bits per heavy atom. The van der Waals surface area contributed by atoms with E-state index in [1.807, 2.05) is 55.6 Å². The van der Waals surface area contributed by atoms with Gasteiger partial charge in [-0.1, -0.05) is 56.3 Å². The smallest absolute Gasteiger partial charge is 0.329 e.